The summed E-state index contributed by atoms with van der Waals surface area (Å²) < 4.78 is 0.593. The van der Waals surface area contributed by atoms with Gasteiger partial charge in [-0.1, -0.05) is 6.07 Å². The summed E-state index contributed by atoms with van der Waals surface area (Å²) in [7, 11) is 0. The van der Waals surface area contributed by atoms with E-state index in [0.717, 1.165) is 0 Å². The summed E-state index contributed by atoms with van der Waals surface area (Å²) >= 11 is 3.27. The number of hydrogen-bond acceptors (Lipinski definition) is 4. The number of hydrogen-bond donors (Lipinski definition) is 2. The molecule has 21 heavy (non-hydrogen) atoms. The van der Waals surface area contributed by atoms with E-state index in [1.807, 2.05) is 0 Å². The highest BCUT2D eigenvalue weighted by molar-refractivity contribution is 9.10. The molecular weight excluding hydrogens is 338 g/mol. The standard InChI is InChI=1S/C14H12BrN3O3/c1-8-2-4-10(7-13(8)18(20)21)17-14(19)11-6-9(16)3-5-12(11)15/h2-7H,16H2,1H3,(H,17,19). The monoisotopic (exact) mass is 349 g/mol. The number of nitrogens with one attached hydrogen (secondary N) is 1. The number of nitrogens with two attached hydrogens (primary N) is 1. The van der Waals surface area contributed by atoms with Gasteiger partial charge in [0.15, 0.2) is 0 Å². The SMILES string of the molecule is Cc1ccc(NC(=O)c2cc(N)ccc2Br)cc1[N+](=O)[O-]. The summed E-state index contributed by atoms with van der Waals surface area (Å²) in [4.78, 5) is 22.6. The number of nitrogen functional groups attached to an aromatic ring is 1. The lowest BCUT2D eigenvalue weighted by Gasteiger charge is -2.08. The van der Waals surface area contributed by atoms with Gasteiger partial charge in [0.05, 0.1) is 10.5 Å². The maximum Gasteiger partial charge on any atom is 0.274 e. The fraction of sp³-hybridized carbons (Fsp3) is 0.0714. The van der Waals surface area contributed by atoms with Gasteiger partial charge in [0, 0.05) is 27.5 Å². The van der Waals surface area contributed by atoms with Crippen LogP contribution in [0.2, 0.25) is 0 Å². The molecule has 0 aliphatic heterocycles. The fourth-order valence-corrected chi connectivity index (χ4v) is 2.23. The Morgan fingerprint density at radius 2 is 2.00 bits per heavy atom. The first-order chi connectivity index (χ1) is 9.88. The molecule has 0 aromatic heterocycles. The molecule has 0 saturated carbocycles. The first kappa shape index (κ1) is 15.0. The van der Waals surface area contributed by atoms with Crippen LogP contribution in [0.3, 0.4) is 0 Å². The summed E-state index contributed by atoms with van der Waals surface area (Å²) in [6, 6.07) is 9.39. The van der Waals surface area contributed by atoms with Crippen LogP contribution in [0.1, 0.15) is 15.9 Å². The first-order valence-corrected chi connectivity index (χ1v) is 6.79. The average molecular weight is 350 g/mol. The highest BCUT2D eigenvalue weighted by Crippen LogP contribution is 2.24. The van der Waals surface area contributed by atoms with Gasteiger partial charge in [0.1, 0.15) is 0 Å². The third-order valence-corrected chi connectivity index (χ3v) is 3.59. The van der Waals surface area contributed by atoms with Crippen molar-refractivity contribution < 1.29 is 9.72 Å². The van der Waals surface area contributed by atoms with Crippen molar-refractivity contribution in [3.63, 3.8) is 0 Å². The van der Waals surface area contributed by atoms with E-state index in [2.05, 4.69) is 21.2 Å². The second-order valence-corrected chi connectivity index (χ2v) is 5.31. The molecule has 0 atom stereocenters. The Morgan fingerprint density at radius 1 is 1.29 bits per heavy atom. The Balaban J connectivity index is 2.29. The molecular formula is C14H12BrN3O3. The molecule has 0 radical (unpaired) electrons. The van der Waals surface area contributed by atoms with E-state index < -0.39 is 10.8 Å². The molecule has 2 rings (SSSR count). The fourth-order valence-electron chi connectivity index (χ4n) is 1.80. The van der Waals surface area contributed by atoms with Crippen LogP contribution in [-0.4, -0.2) is 10.8 Å². The van der Waals surface area contributed by atoms with Crippen molar-refractivity contribution in [3.8, 4) is 0 Å². The molecule has 2 aromatic rings. The van der Waals surface area contributed by atoms with Crippen molar-refractivity contribution >= 4 is 38.9 Å². The number of halogens is 1. The smallest absolute Gasteiger partial charge is 0.274 e. The number of carbonyl (C=O) groups excluding carboxylic acids is 1. The zero-order valence-electron chi connectivity index (χ0n) is 11.1. The molecule has 0 aliphatic rings. The molecule has 108 valence electrons. The van der Waals surface area contributed by atoms with Crippen molar-refractivity contribution in [1.82, 2.24) is 0 Å². The van der Waals surface area contributed by atoms with Gasteiger partial charge in [-0.15, -0.1) is 0 Å². The lowest BCUT2D eigenvalue weighted by Crippen LogP contribution is -2.13. The largest absolute Gasteiger partial charge is 0.399 e. The summed E-state index contributed by atoms with van der Waals surface area (Å²) in [5, 5.41) is 13.5. The van der Waals surface area contributed by atoms with E-state index >= 15 is 0 Å². The van der Waals surface area contributed by atoms with E-state index in [1.54, 1.807) is 31.2 Å². The first-order valence-electron chi connectivity index (χ1n) is 6.00. The molecule has 0 unspecified atom stereocenters. The number of amides is 1. The maximum absolute atomic E-state index is 12.2. The van der Waals surface area contributed by atoms with Gasteiger partial charge in [-0.25, -0.2) is 0 Å². The van der Waals surface area contributed by atoms with Gasteiger partial charge >= 0.3 is 0 Å². The normalized spacial score (nSPS) is 10.2. The van der Waals surface area contributed by atoms with Crippen LogP contribution in [0.15, 0.2) is 40.9 Å². The highest BCUT2D eigenvalue weighted by Gasteiger charge is 2.14. The van der Waals surface area contributed by atoms with Crippen molar-refractivity contribution in [1.29, 1.82) is 0 Å². The molecule has 6 nitrogen and oxygen atoms in total. The van der Waals surface area contributed by atoms with E-state index in [-0.39, 0.29) is 5.69 Å². The van der Waals surface area contributed by atoms with Crippen LogP contribution in [0, 0.1) is 17.0 Å². The van der Waals surface area contributed by atoms with Crippen LogP contribution in [0.25, 0.3) is 0 Å². The molecule has 2 aromatic carbocycles. The van der Waals surface area contributed by atoms with Crippen LogP contribution in [-0.2, 0) is 0 Å². The molecule has 7 heteroatoms. The average Bonchev–Trinajstić information content (AvgIpc) is 2.43. The zero-order chi connectivity index (χ0) is 15.6. The van der Waals surface area contributed by atoms with E-state index in [0.29, 0.717) is 27.0 Å². The van der Waals surface area contributed by atoms with Gasteiger partial charge in [-0.05, 0) is 47.1 Å². The highest BCUT2D eigenvalue weighted by atomic mass is 79.9. The lowest BCUT2D eigenvalue weighted by atomic mass is 10.1. The number of nitrogens with zero attached hydrogens (tertiary/aromatic N) is 1. The van der Waals surface area contributed by atoms with Gasteiger partial charge in [-0.3, -0.25) is 14.9 Å². The van der Waals surface area contributed by atoms with Gasteiger partial charge in [0.2, 0.25) is 0 Å². The summed E-state index contributed by atoms with van der Waals surface area (Å²) in [6.07, 6.45) is 0. The predicted octanol–water partition coefficient (Wildman–Crippen LogP) is 3.50. The summed E-state index contributed by atoms with van der Waals surface area (Å²) in [5.74, 6) is -0.396. The van der Waals surface area contributed by atoms with Gasteiger partial charge < -0.3 is 11.1 Å². The van der Waals surface area contributed by atoms with Gasteiger partial charge in [0.25, 0.3) is 11.6 Å². The Labute approximate surface area is 129 Å². The summed E-state index contributed by atoms with van der Waals surface area (Å²) in [5.41, 5.74) is 7.31. The van der Waals surface area contributed by atoms with Crippen LogP contribution < -0.4 is 11.1 Å². The third kappa shape index (κ3) is 3.38. The number of carbonyl (C=O) groups is 1. The number of aryl methyl sites for hydroxylation is 1. The molecule has 0 spiro atoms. The van der Waals surface area contributed by atoms with Crippen molar-refractivity contribution in [3.05, 3.63) is 62.1 Å². The minimum Gasteiger partial charge on any atom is -0.399 e. The van der Waals surface area contributed by atoms with Crippen molar-refractivity contribution in [2.24, 2.45) is 0 Å². The Hall–Kier alpha value is -2.41. The minimum absolute atomic E-state index is 0.0422. The maximum atomic E-state index is 12.2. The Kier molecular flexibility index (Phi) is 4.23. The number of benzene rings is 2. The molecule has 0 heterocycles. The summed E-state index contributed by atoms with van der Waals surface area (Å²) in [6.45, 7) is 1.64. The van der Waals surface area contributed by atoms with E-state index in [4.69, 9.17) is 5.73 Å². The molecule has 3 N–H and O–H groups in total. The number of nitro benzene ring substituents is 1. The minimum atomic E-state index is -0.485. The zero-order valence-corrected chi connectivity index (χ0v) is 12.7. The Bertz CT molecular complexity index is 731. The number of nitro groups is 1. The number of rotatable bonds is 3. The topological polar surface area (TPSA) is 98.3 Å². The van der Waals surface area contributed by atoms with Crippen LogP contribution >= 0.6 is 15.9 Å². The van der Waals surface area contributed by atoms with Gasteiger partial charge in [-0.2, -0.15) is 0 Å². The van der Waals surface area contributed by atoms with Crippen molar-refractivity contribution in [2.75, 3.05) is 11.1 Å². The third-order valence-electron chi connectivity index (χ3n) is 2.90. The van der Waals surface area contributed by atoms with E-state index in [1.165, 1.54) is 12.1 Å². The second kappa shape index (κ2) is 5.92. The van der Waals surface area contributed by atoms with Crippen LogP contribution in [0.5, 0.6) is 0 Å². The molecule has 1 amide bonds. The van der Waals surface area contributed by atoms with Crippen LogP contribution in [0.4, 0.5) is 17.1 Å². The lowest BCUT2D eigenvalue weighted by molar-refractivity contribution is -0.385. The molecule has 0 fully saturated rings. The Morgan fingerprint density at radius 3 is 2.67 bits per heavy atom. The molecule has 0 bridgehead atoms. The predicted molar refractivity (Wildman–Crippen MR) is 84.3 cm³/mol. The molecule has 0 aliphatic carbocycles. The quantitative estimate of drug-likeness (QED) is 0.503. The molecule has 0 saturated heterocycles. The van der Waals surface area contributed by atoms with E-state index in [9.17, 15) is 14.9 Å². The second-order valence-electron chi connectivity index (χ2n) is 4.45. The van der Waals surface area contributed by atoms with Crippen molar-refractivity contribution in [2.45, 2.75) is 6.92 Å². The number of anilines is 2.